The molecule has 0 bridgehead atoms. The third-order valence-electron chi connectivity index (χ3n) is 4.54. The van der Waals surface area contributed by atoms with Crippen molar-refractivity contribution in [1.82, 2.24) is 30.1 Å². The summed E-state index contributed by atoms with van der Waals surface area (Å²) in [6.45, 7) is 0.723. The van der Waals surface area contributed by atoms with E-state index in [0.29, 0.717) is 31.0 Å². The predicted octanol–water partition coefficient (Wildman–Crippen LogP) is 2.32. The summed E-state index contributed by atoms with van der Waals surface area (Å²) in [5.41, 5.74) is 0.0710. The van der Waals surface area contributed by atoms with Crippen molar-refractivity contribution in [2.24, 2.45) is 0 Å². The minimum Gasteiger partial charge on any atom is -0.334 e. The third-order valence-corrected chi connectivity index (χ3v) is 4.54. The number of pyridine rings is 1. The average molecular weight is 370 g/mol. The Hall–Kier alpha value is -3.23. The number of nitrogens with zero attached hydrogens (tertiary/aromatic N) is 6. The van der Waals surface area contributed by atoms with E-state index in [9.17, 15) is 13.6 Å². The van der Waals surface area contributed by atoms with Crippen LogP contribution in [0, 0.1) is 11.6 Å². The van der Waals surface area contributed by atoms with Crippen LogP contribution >= 0.6 is 0 Å². The molecule has 1 aromatic carbocycles. The van der Waals surface area contributed by atoms with Gasteiger partial charge in [0.25, 0.3) is 5.91 Å². The van der Waals surface area contributed by atoms with Gasteiger partial charge in [0.1, 0.15) is 22.9 Å². The van der Waals surface area contributed by atoms with Gasteiger partial charge >= 0.3 is 0 Å². The largest absolute Gasteiger partial charge is 0.334 e. The van der Waals surface area contributed by atoms with Crippen LogP contribution < -0.4 is 0 Å². The molecule has 3 heterocycles. The molecule has 0 radical (unpaired) electrons. The van der Waals surface area contributed by atoms with Crippen LogP contribution in [0.4, 0.5) is 8.78 Å². The molecule has 9 heteroatoms. The number of hydrogen-bond acceptors (Lipinski definition) is 5. The van der Waals surface area contributed by atoms with E-state index in [1.54, 1.807) is 18.3 Å². The van der Waals surface area contributed by atoms with Gasteiger partial charge in [-0.05, 0) is 42.3 Å². The number of carbonyl (C=O) groups is 1. The maximum atomic E-state index is 14.0. The van der Waals surface area contributed by atoms with E-state index in [-0.39, 0.29) is 6.04 Å². The lowest BCUT2D eigenvalue weighted by Crippen LogP contribution is -2.39. The van der Waals surface area contributed by atoms with E-state index in [4.69, 9.17) is 0 Å². The number of rotatable bonds is 4. The zero-order valence-electron chi connectivity index (χ0n) is 14.3. The van der Waals surface area contributed by atoms with Crippen molar-refractivity contribution >= 4 is 5.91 Å². The molecule has 1 atom stereocenters. The van der Waals surface area contributed by atoms with Crippen LogP contribution in [-0.2, 0) is 6.54 Å². The Bertz CT molecular complexity index is 941. The summed E-state index contributed by atoms with van der Waals surface area (Å²) >= 11 is 0. The van der Waals surface area contributed by atoms with Crippen LogP contribution in [0.1, 0.15) is 23.2 Å². The van der Waals surface area contributed by atoms with Crippen LogP contribution in [0.25, 0.3) is 11.5 Å². The van der Waals surface area contributed by atoms with Crippen molar-refractivity contribution in [3.8, 4) is 11.5 Å². The summed E-state index contributed by atoms with van der Waals surface area (Å²) in [5, 5.41) is 12.3. The number of tetrazole rings is 1. The molecule has 4 rings (SSSR count). The van der Waals surface area contributed by atoms with Gasteiger partial charge in [-0.3, -0.25) is 9.78 Å². The molecule has 0 saturated carbocycles. The number of hydrogen-bond donors (Lipinski definition) is 0. The second kappa shape index (κ2) is 7.18. The van der Waals surface area contributed by atoms with E-state index < -0.39 is 23.1 Å². The second-order valence-electron chi connectivity index (χ2n) is 6.27. The van der Waals surface area contributed by atoms with Gasteiger partial charge in [0.05, 0.1) is 12.6 Å². The highest BCUT2D eigenvalue weighted by molar-refractivity contribution is 5.95. The molecular weight excluding hydrogens is 354 g/mol. The number of likely N-dealkylation sites (tertiary alicyclic amines) is 1. The molecule has 1 amide bonds. The quantitative estimate of drug-likeness (QED) is 0.704. The van der Waals surface area contributed by atoms with Crippen LogP contribution in [0.15, 0.2) is 42.6 Å². The van der Waals surface area contributed by atoms with Gasteiger partial charge < -0.3 is 4.90 Å². The summed E-state index contributed by atoms with van der Waals surface area (Å²) in [6, 6.07) is 8.53. The molecule has 1 aliphatic heterocycles. The van der Waals surface area contributed by atoms with Crippen molar-refractivity contribution in [2.45, 2.75) is 25.4 Å². The summed E-state index contributed by atoms with van der Waals surface area (Å²) < 4.78 is 27.9. The minimum atomic E-state index is -0.859. The third kappa shape index (κ3) is 3.40. The number of halogens is 2. The standard InChI is InChI=1S/C18H16F2N6O/c19-13-6-3-7-14(20)16(13)18(27)25-10-4-5-12(25)11-26-23-17(22-24-26)15-8-1-2-9-21-15/h1-3,6-9,12H,4-5,10-11H2/t12-/m1/s1. The summed E-state index contributed by atoms with van der Waals surface area (Å²) in [7, 11) is 0. The van der Waals surface area contributed by atoms with Crippen molar-refractivity contribution < 1.29 is 13.6 Å². The Morgan fingerprint density at radius 3 is 2.70 bits per heavy atom. The fraction of sp³-hybridized carbons (Fsp3) is 0.278. The van der Waals surface area contributed by atoms with Crippen LogP contribution in [0.5, 0.6) is 0 Å². The Morgan fingerprint density at radius 2 is 1.96 bits per heavy atom. The highest BCUT2D eigenvalue weighted by Crippen LogP contribution is 2.24. The molecule has 27 heavy (non-hydrogen) atoms. The van der Waals surface area contributed by atoms with Gasteiger partial charge in [-0.15, -0.1) is 10.2 Å². The van der Waals surface area contributed by atoms with Gasteiger partial charge in [0.2, 0.25) is 5.82 Å². The lowest BCUT2D eigenvalue weighted by atomic mass is 10.1. The molecule has 3 aromatic rings. The van der Waals surface area contributed by atoms with Crippen molar-refractivity contribution in [3.05, 3.63) is 59.8 Å². The Kier molecular flexibility index (Phi) is 4.57. The molecular formula is C18H16F2N6O. The topological polar surface area (TPSA) is 76.8 Å². The first-order chi connectivity index (χ1) is 13.1. The number of benzene rings is 1. The maximum Gasteiger partial charge on any atom is 0.260 e. The first-order valence-corrected chi connectivity index (χ1v) is 8.57. The minimum absolute atomic E-state index is 0.262. The first kappa shape index (κ1) is 17.2. The Labute approximate surface area is 153 Å². The lowest BCUT2D eigenvalue weighted by molar-refractivity contribution is 0.0708. The van der Waals surface area contributed by atoms with Gasteiger partial charge in [-0.2, -0.15) is 4.80 Å². The molecule has 0 unspecified atom stereocenters. The summed E-state index contributed by atoms with van der Waals surface area (Å²) in [4.78, 5) is 19.7. The molecule has 1 aliphatic rings. The van der Waals surface area contributed by atoms with E-state index >= 15 is 0 Å². The smallest absolute Gasteiger partial charge is 0.260 e. The van der Waals surface area contributed by atoms with Gasteiger partial charge in [0, 0.05) is 12.7 Å². The monoisotopic (exact) mass is 370 g/mol. The predicted molar refractivity (Wildman–Crippen MR) is 91.5 cm³/mol. The van der Waals surface area contributed by atoms with E-state index in [1.165, 1.54) is 15.8 Å². The van der Waals surface area contributed by atoms with Crippen molar-refractivity contribution in [1.29, 1.82) is 0 Å². The lowest BCUT2D eigenvalue weighted by Gasteiger charge is -2.24. The number of aromatic nitrogens is 5. The van der Waals surface area contributed by atoms with Crippen LogP contribution in [-0.4, -0.2) is 48.6 Å². The van der Waals surface area contributed by atoms with Crippen LogP contribution in [0.3, 0.4) is 0 Å². The highest BCUT2D eigenvalue weighted by atomic mass is 19.1. The Balaban J connectivity index is 1.53. The van der Waals surface area contributed by atoms with Gasteiger partial charge in [0.15, 0.2) is 0 Å². The van der Waals surface area contributed by atoms with Crippen molar-refractivity contribution in [3.63, 3.8) is 0 Å². The molecule has 0 aliphatic carbocycles. The second-order valence-corrected chi connectivity index (χ2v) is 6.27. The molecule has 0 N–H and O–H groups in total. The van der Waals surface area contributed by atoms with Gasteiger partial charge in [-0.1, -0.05) is 12.1 Å². The summed E-state index contributed by atoms with van der Waals surface area (Å²) in [6.07, 6.45) is 3.08. The van der Waals surface area contributed by atoms with E-state index in [0.717, 1.165) is 18.6 Å². The fourth-order valence-electron chi connectivity index (χ4n) is 3.25. The highest BCUT2D eigenvalue weighted by Gasteiger charge is 2.33. The van der Waals surface area contributed by atoms with Gasteiger partial charge in [-0.25, -0.2) is 8.78 Å². The number of amides is 1. The number of carbonyl (C=O) groups excluding carboxylic acids is 1. The SMILES string of the molecule is O=C(c1c(F)cccc1F)N1CCC[C@@H]1Cn1nnc(-c2ccccn2)n1. The molecule has 7 nitrogen and oxygen atoms in total. The fourth-order valence-corrected chi connectivity index (χ4v) is 3.25. The summed E-state index contributed by atoms with van der Waals surface area (Å²) in [5.74, 6) is -1.99. The first-order valence-electron chi connectivity index (χ1n) is 8.57. The molecule has 1 fully saturated rings. The average Bonchev–Trinajstić information content (AvgIpc) is 3.32. The normalized spacial score (nSPS) is 16.7. The molecule has 1 saturated heterocycles. The Morgan fingerprint density at radius 1 is 1.15 bits per heavy atom. The van der Waals surface area contributed by atoms with Crippen LogP contribution in [0.2, 0.25) is 0 Å². The maximum absolute atomic E-state index is 14.0. The molecule has 2 aromatic heterocycles. The zero-order chi connectivity index (χ0) is 18.8. The zero-order valence-corrected chi connectivity index (χ0v) is 14.3. The van der Waals surface area contributed by atoms with Crippen molar-refractivity contribution in [2.75, 3.05) is 6.54 Å². The van der Waals surface area contributed by atoms with E-state index in [2.05, 4.69) is 20.4 Å². The molecule has 138 valence electrons. The van der Waals surface area contributed by atoms with E-state index in [1.807, 2.05) is 6.07 Å². The molecule has 0 spiro atoms.